The molecule has 0 saturated carbocycles. The highest BCUT2D eigenvalue weighted by Gasteiger charge is 2.33. The molecule has 1 saturated heterocycles. The summed E-state index contributed by atoms with van der Waals surface area (Å²) < 4.78 is 46.3. The molecule has 4 heterocycles. The van der Waals surface area contributed by atoms with E-state index in [0.717, 1.165) is 31.3 Å². The Morgan fingerprint density at radius 2 is 2.05 bits per heavy atom. The molecule has 2 atom stereocenters. The van der Waals surface area contributed by atoms with Crippen LogP contribution in [0.5, 0.6) is 11.5 Å². The van der Waals surface area contributed by atoms with Crippen molar-refractivity contribution in [1.82, 2.24) is 24.8 Å². The quantitative estimate of drug-likeness (QED) is 0.273. The number of carbonyl (C=O) groups excluding carboxylic acids is 1. The number of nitrogens with one attached hydrogen (secondary N) is 3. The van der Waals surface area contributed by atoms with Crippen LogP contribution < -0.4 is 20.7 Å². The summed E-state index contributed by atoms with van der Waals surface area (Å²) in [6, 6.07) is 8.31. The number of anilines is 2. The molecule has 1 aliphatic rings. The zero-order valence-corrected chi connectivity index (χ0v) is 21.4. The van der Waals surface area contributed by atoms with Crippen molar-refractivity contribution in [2.45, 2.75) is 25.1 Å². The molecule has 14 heteroatoms. The van der Waals surface area contributed by atoms with Crippen LogP contribution in [0.15, 0.2) is 42.7 Å². The number of alkyl halides is 3. The topological polar surface area (TPSA) is 106 Å². The standard InChI is InChI=1S/C23H23F3N7O2PS/c1-36-33-20-18(19(32-33)30-14-3-2-9-27-11-14)16(8-10-28-20)35-15-6-4-13(5-7-15)21(34)31-22-29-12-17(37-22)23(24,25)26/h4-8,10,12,14,27,36H,2-3,9,11H2,1H3,(H,30,32)(H,29,31,34)/t14-/m1/s1. The summed E-state index contributed by atoms with van der Waals surface area (Å²) in [6.45, 7) is 3.88. The first kappa shape index (κ1) is 25.4. The molecule has 0 radical (unpaired) electrons. The molecule has 1 amide bonds. The molecular formula is C23H23F3N7O2PS. The summed E-state index contributed by atoms with van der Waals surface area (Å²) >= 11 is 0.370. The maximum absolute atomic E-state index is 12.8. The lowest BCUT2D eigenvalue weighted by Gasteiger charge is -2.23. The molecule has 4 aromatic rings. The maximum atomic E-state index is 12.8. The predicted molar refractivity (Wildman–Crippen MR) is 138 cm³/mol. The van der Waals surface area contributed by atoms with Crippen LogP contribution in [0, 0.1) is 0 Å². The summed E-state index contributed by atoms with van der Waals surface area (Å²) in [6.07, 6.45) is -0.0306. The van der Waals surface area contributed by atoms with Gasteiger partial charge in [0.2, 0.25) is 0 Å². The Bertz CT molecular complexity index is 1400. The number of pyridine rings is 1. The third-order valence-corrected chi connectivity index (χ3v) is 7.42. The van der Waals surface area contributed by atoms with Crippen molar-refractivity contribution in [3.63, 3.8) is 0 Å². The first-order chi connectivity index (χ1) is 17.8. The number of fused-ring (bicyclic) bond motifs is 1. The number of carbonyl (C=O) groups is 1. The van der Waals surface area contributed by atoms with Crippen LogP contribution in [0.1, 0.15) is 28.1 Å². The van der Waals surface area contributed by atoms with E-state index in [9.17, 15) is 18.0 Å². The van der Waals surface area contributed by atoms with E-state index in [1.807, 2.05) is 11.1 Å². The number of halogens is 3. The van der Waals surface area contributed by atoms with Gasteiger partial charge in [-0.15, -0.1) is 5.10 Å². The highest BCUT2D eigenvalue weighted by atomic mass is 32.1. The summed E-state index contributed by atoms with van der Waals surface area (Å²) in [4.78, 5) is 19.7. The number of benzene rings is 1. The fourth-order valence-electron chi connectivity index (χ4n) is 3.96. The van der Waals surface area contributed by atoms with Gasteiger partial charge in [-0.2, -0.15) is 13.2 Å². The van der Waals surface area contributed by atoms with E-state index in [1.54, 1.807) is 24.4 Å². The van der Waals surface area contributed by atoms with Crippen molar-refractivity contribution in [2.75, 3.05) is 30.4 Å². The molecule has 0 spiro atoms. The third-order valence-electron chi connectivity index (χ3n) is 5.73. The van der Waals surface area contributed by atoms with Crippen LogP contribution in [0.4, 0.5) is 24.1 Å². The zero-order chi connectivity index (χ0) is 26.0. The van der Waals surface area contributed by atoms with E-state index in [1.165, 1.54) is 12.1 Å². The lowest BCUT2D eigenvalue weighted by molar-refractivity contribution is -0.134. The van der Waals surface area contributed by atoms with Gasteiger partial charge in [-0.3, -0.25) is 10.1 Å². The Morgan fingerprint density at radius 1 is 1.24 bits per heavy atom. The Hall–Kier alpha value is -3.28. The van der Waals surface area contributed by atoms with Crippen LogP contribution in [0.2, 0.25) is 0 Å². The van der Waals surface area contributed by atoms with Crippen molar-refractivity contribution in [2.24, 2.45) is 0 Å². The van der Waals surface area contributed by atoms with Crippen LogP contribution >= 0.6 is 20.1 Å². The van der Waals surface area contributed by atoms with Crippen molar-refractivity contribution in [3.8, 4) is 11.5 Å². The van der Waals surface area contributed by atoms with Gasteiger partial charge in [0.05, 0.1) is 6.20 Å². The lowest BCUT2D eigenvalue weighted by Crippen LogP contribution is -2.38. The first-order valence-corrected chi connectivity index (χ1v) is 13.7. The molecule has 0 aliphatic carbocycles. The van der Waals surface area contributed by atoms with E-state index < -0.39 is 17.0 Å². The zero-order valence-electron chi connectivity index (χ0n) is 19.6. The molecule has 194 valence electrons. The Morgan fingerprint density at radius 3 is 2.73 bits per heavy atom. The number of nitrogens with zero attached hydrogens (tertiary/aromatic N) is 4. The third kappa shape index (κ3) is 5.68. The second-order valence-corrected chi connectivity index (χ2v) is 10.2. The molecule has 1 aliphatic heterocycles. The molecular weight excluding hydrogens is 526 g/mol. The second kappa shape index (κ2) is 10.6. The highest BCUT2D eigenvalue weighted by Crippen LogP contribution is 2.37. The van der Waals surface area contributed by atoms with Crippen LogP contribution in [-0.2, 0) is 6.18 Å². The fraction of sp³-hybridized carbons (Fsp3) is 0.304. The van der Waals surface area contributed by atoms with Crippen molar-refractivity contribution in [1.29, 1.82) is 0 Å². The summed E-state index contributed by atoms with van der Waals surface area (Å²) in [5, 5.41) is 14.7. The second-order valence-electron chi connectivity index (χ2n) is 8.29. The molecule has 1 fully saturated rings. The van der Waals surface area contributed by atoms with Gasteiger partial charge in [0.15, 0.2) is 16.6 Å². The average molecular weight is 550 g/mol. The summed E-state index contributed by atoms with van der Waals surface area (Å²) in [5.74, 6) is 1.19. The van der Waals surface area contributed by atoms with Crippen molar-refractivity contribution < 1.29 is 22.7 Å². The number of aromatic nitrogens is 4. The van der Waals surface area contributed by atoms with Crippen molar-refractivity contribution >= 4 is 48.0 Å². The molecule has 0 bridgehead atoms. The van der Waals surface area contributed by atoms with Gasteiger partial charge in [-0.1, -0.05) is 11.3 Å². The number of thiazole rings is 1. The van der Waals surface area contributed by atoms with Gasteiger partial charge in [0.1, 0.15) is 21.8 Å². The van der Waals surface area contributed by atoms with Crippen LogP contribution in [-0.4, -0.2) is 51.2 Å². The van der Waals surface area contributed by atoms with Crippen molar-refractivity contribution in [3.05, 3.63) is 53.2 Å². The summed E-state index contributed by atoms with van der Waals surface area (Å²) in [7, 11) is 0.383. The number of rotatable bonds is 7. The Labute approximate surface area is 215 Å². The van der Waals surface area contributed by atoms with Crippen LogP contribution in [0.25, 0.3) is 11.0 Å². The molecule has 1 unspecified atom stereocenters. The minimum absolute atomic E-state index is 0.126. The van der Waals surface area contributed by atoms with Gasteiger partial charge in [0, 0.05) is 39.1 Å². The molecule has 37 heavy (non-hydrogen) atoms. The Kier molecular flexibility index (Phi) is 7.27. The fourth-order valence-corrected chi connectivity index (χ4v) is 5.22. The smallest absolute Gasteiger partial charge is 0.427 e. The predicted octanol–water partition coefficient (Wildman–Crippen LogP) is 5.19. The van der Waals surface area contributed by atoms with Gasteiger partial charge in [0.25, 0.3) is 5.91 Å². The number of hydrogen-bond acceptors (Lipinski definition) is 8. The minimum atomic E-state index is -4.51. The van der Waals surface area contributed by atoms with Gasteiger partial charge in [-0.25, -0.2) is 14.4 Å². The minimum Gasteiger partial charge on any atom is -0.456 e. The van der Waals surface area contributed by atoms with Gasteiger partial charge in [-0.05, 0) is 50.3 Å². The molecule has 5 rings (SSSR count). The van der Waals surface area contributed by atoms with E-state index in [2.05, 4.69) is 25.9 Å². The SMILES string of the molecule is CPn1nc(N[C@@H]2CCCNC2)c2c(Oc3ccc(C(=O)Nc4ncc(C(F)(F)F)s4)cc3)ccnc21. The monoisotopic (exact) mass is 549 g/mol. The largest absolute Gasteiger partial charge is 0.456 e. The average Bonchev–Trinajstić information content (AvgIpc) is 3.50. The summed E-state index contributed by atoms with van der Waals surface area (Å²) in [5.41, 5.74) is 0.963. The first-order valence-electron chi connectivity index (χ1n) is 11.5. The van der Waals surface area contributed by atoms with E-state index in [0.29, 0.717) is 49.2 Å². The molecule has 9 nitrogen and oxygen atoms in total. The number of amides is 1. The number of piperidine rings is 1. The molecule has 1 aromatic carbocycles. The lowest BCUT2D eigenvalue weighted by atomic mass is 10.1. The number of hydrogen-bond donors (Lipinski definition) is 3. The maximum Gasteiger partial charge on any atom is 0.427 e. The Balaban J connectivity index is 1.34. The van der Waals surface area contributed by atoms with Gasteiger partial charge < -0.3 is 15.4 Å². The van der Waals surface area contributed by atoms with E-state index >= 15 is 0 Å². The van der Waals surface area contributed by atoms with Crippen LogP contribution in [0.3, 0.4) is 0 Å². The van der Waals surface area contributed by atoms with Gasteiger partial charge >= 0.3 is 6.18 Å². The molecule has 3 N–H and O–H groups in total. The van der Waals surface area contributed by atoms with E-state index in [-0.39, 0.29) is 16.7 Å². The normalized spacial score (nSPS) is 16.4. The number of ether oxygens (including phenoxy) is 1. The highest BCUT2D eigenvalue weighted by molar-refractivity contribution is 7.35. The van der Waals surface area contributed by atoms with E-state index in [4.69, 9.17) is 9.84 Å². The molecule has 3 aromatic heterocycles.